The lowest BCUT2D eigenvalue weighted by Gasteiger charge is -1.94. The van der Waals surface area contributed by atoms with Crippen molar-refractivity contribution in [2.45, 2.75) is 4.90 Å². The minimum atomic E-state index is -0.532. The molecule has 0 atom stereocenters. The fourth-order valence-corrected chi connectivity index (χ4v) is 1.17. The Morgan fingerprint density at radius 3 is 2.64 bits per heavy atom. The van der Waals surface area contributed by atoms with Crippen molar-refractivity contribution in [1.82, 2.24) is 0 Å². The van der Waals surface area contributed by atoms with Gasteiger partial charge in [-0.05, 0) is 12.1 Å². The van der Waals surface area contributed by atoms with Crippen LogP contribution in [0.1, 0.15) is 0 Å². The number of benzene rings is 1. The van der Waals surface area contributed by atoms with Gasteiger partial charge >= 0.3 is 0 Å². The first kappa shape index (κ1) is 8.36. The van der Waals surface area contributed by atoms with Gasteiger partial charge in [0.25, 0.3) is 5.69 Å². The Hall–Kier alpha value is -0.740. The average Bonchev–Trinajstić information content (AvgIpc) is 1.85. The second-order valence-corrected chi connectivity index (χ2v) is 2.82. The minimum Gasteiger partial charge on any atom is -0.258 e. The molecule has 5 heteroatoms. The van der Waals surface area contributed by atoms with E-state index in [2.05, 4.69) is 12.6 Å². The van der Waals surface area contributed by atoms with Crippen molar-refractivity contribution in [3.8, 4) is 0 Å². The molecule has 0 N–H and O–H groups in total. The molecule has 0 amide bonds. The van der Waals surface area contributed by atoms with Crippen LogP contribution in [0.5, 0.6) is 0 Å². The summed E-state index contributed by atoms with van der Waals surface area (Å²) in [4.78, 5) is 10.3. The molecule has 0 aliphatic rings. The Balaban J connectivity index is 3.20. The lowest BCUT2D eigenvalue weighted by Crippen LogP contribution is -1.87. The summed E-state index contributed by atoms with van der Waals surface area (Å²) in [5.74, 6) is 0. The smallest absolute Gasteiger partial charge is 0.258 e. The molecule has 0 heterocycles. The SMILES string of the molecule is O=[N+]([O-])c1ccc(S)cc1Cl. The number of thiol groups is 1. The van der Waals surface area contributed by atoms with Crippen LogP contribution in [0.2, 0.25) is 5.02 Å². The molecule has 0 aliphatic heterocycles. The second-order valence-electron chi connectivity index (χ2n) is 1.89. The van der Waals surface area contributed by atoms with Crippen LogP contribution in [-0.2, 0) is 0 Å². The van der Waals surface area contributed by atoms with Gasteiger partial charge in [-0.2, -0.15) is 0 Å². The van der Waals surface area contributed by atoms with Gasteiger partial charge in [0.05, 0.1) is 4.92 Å². The summed E-state index contributed by atoms with van der Waals surface area (Å²) in [6.45, 7) is 0. The largest absolute Gasteiger partial charge is 0.287 e. The molecule has 0 aromatic heterocycles. The van der Waals surface area contributed by atoms with E-state index in [0.29, 0.717) is 4.90 Å². The molecule has 3 nitrogen and oxygen atoms in total. The fraction of sp³-hybridized carbons (Fsp3) is 0. The monoisotopic (exact) mass is 189 g/mol. The number of rotatable bonds is 1. The summed E-state index contributed by atoms with van der Waals surface area (Å²) in [6, 6.07) is 4.28. The topological polar surface area (TPSA) is 43.1 Å². The van der Waals surface area contributed by atoms with E-state index < -0.39 is 4.92 Å². The van der Waals surface area contributed by atoms with Crippen LogP contribution in [0.3, 0.4) is 0 Å². The normalized spacial score (nSPS) is 9.64. The molecule has 1 rings (SSSR count). The lowest BCUT2D eigenvalue weighted by molar-refractivity contribution is -0.384. The highest BCUT2D eigenvalue weighted by Gasteiger charge is 2.10. The van der Waals surface area contributed by atoms with E-state index in [1.165, 1.54) is 18.2 Å². The molecule has 0 aliphatic carbocycles. The highest BCUT2D eigenvalue weighted by molar-refractivity contribution is 7.80. The number of nitro groups is 1. The molecule has 1 aromatic carbocycles. The van der Waals surface area contributed by atoms with E-state index in [0.717, 1.165) is 0 Å². The van der Waals surface area contributed by atoms with Crippen LogP contribution in [-0.4, -0.2) is 4.92 Å². The van der Waals surface area contributed by atoms with Gasteiger partial charge in [-0.1, -0.05) is 11.6 Å². The Labute approximate surface area is 73.5 Å². The molecule has 0 saturated carbocycles. The van der Waals surface area contributed by atoms with Crippen molar-refractivity contribution in [2.24, 2.45) is 0 Å². The number of hydrogen-bond acceptors (Lipinski definition) is 3. The molecule has 0 spiro atoms. The van der Waals surface area contributed by atoms with E-state index in [1.807, 2.05) is 0 Å². The maximum atomic E-state index is 10.2. The van der Waals surface area contributed by atoms with Gasteiger partial charge in [-0.15, -0.1) is 12.6 Å². The third-order valence-electron chi connectivity index (χ3n) is 1.13. The van der Waals surface area contributed by atoms with Gasteiger partial charge in [0.15, 0.2) is 0 Å². The average molecular weight is 190 g/mol. The van der Waals surface area contributed by atoms with Crippen molar-refractivity contribution in [1.29, 1.82) is 0 Å². The van der Waals surface area contributed by atoms with Gasteiger partial charge in [-0.25, -0.2) is 0 Å². The van der Waals surface area contributed by atoms with Crippen LogP contribution in [0.25, 0.3) is 0 Å². The lowest BCUT2D eigenvalue weighted by atomic mass is 10.3. The van der Waals surface area contributed by atoms with Gasteiger partial charge in [-0.3, -0.25) is 10.1 Å². The van der Waals surface area contributed by atoms with Crippen LogP contribution in [0, 0.1) is 10.1 Å². The van der Waals surface area contributed by atoms with E-state index in [-0.39, 0.29) is 10.7 Å². The maximum Gasteiger partial charge on any atom is 0.287 e. The highest BCUT2D eigenvalue weighted by atomic mass is 35.5. The first-order chi connectivity index (χ1) is 5.11. The molecule has 0 saturated heterocycles. The van der Waals surface area contributed by atoms with E-state index in [4.69, 9.17) is 11.6 Å². The Kier molecular flexibility index (Phi) is 2.36. The molecule has 0 bridgehead atoms. The molecule has 0 unspecified atom stereocenters. The van der Waals surface area contributed by atoms with E-state index in [9.17, 15) is 10.1 Å². The van der Waals surface area contributed by atoms with Crippen LogP contribution >= 0.6 is 24.2 Å². The van der Waals surface area contributed by atoms with Crippen LogP contribution in [0.4, 0.5) is 5.69 Å². The summed E-state index contributed by atoms with van der Waals surface area (Å²) in [5.41, 5.74) is -0.0931. The first-order valence-corrected chi connectivity index (χ1v) is 3.56. The van der Waals surface area contributed by atoms with Gasteiger partial charge in [0.2, 0.25) is 0 Å². The molecular weight excluding hydrogens is 186 g/mol. The second kappa shape index (κ2) is 3.11. The molecule has 1 aromatic rings. The number of nitro benzene ring substituents is 1. The van der Waals surface area contributed by atoms with Crippen molar-refractivity contribution in [3.63, 3.8) is 0 Å². The Bertz CT molecular complexity index is 303. The van der Waals surface area contributed by atoms with E-state index >= 15 is 0 Å². The third kappa shape index (κ3) is 1.85. The Morgan fingerprint density at radius 1 is 1.55 bits per heavy atom. The van der Waals surface area contributed by atoms with Gasteiger partial charge < -0.3 is 0 Å². The highest BCUT2D eigenvalue weighted by Crippen LogP contribution is 2.25. The standard InChI is InChI=1S/C6H4ClNO2S/c7-5-3-4(11)1-2-6(5)8(9)10/h1-3,11H. The number of nitrogens with zero attached hydrogens (tertiary/aromatic N) is 1. The summed E-state index contributed by atoms with van der Waals surface area (Å²) >= 11 is 9.50. The van der Waals surface area contributed by atoms with Gasteiger partial charge in [0.1, 0.15) is 5.02 Å². The van der Waals surface area contributed by atoms with Crippen molar-refractivity contribution in [2.75, 3.05) is 0 Å². The summed E-state index contributed by atoms with van der Waals surface area (Å²) < 4.78 is 0. The van der Waals surface area contributed by atoms with Crippen molar-refractivity contribution >= 4 is 29.9 Å². The molecule has 0 fully saturated rings. The number of halogens is 1. The maximum absolute atomic E-state index is 10.2. The summed E-state index contributed by atoms with van der Waals surface area (Å²) in [5, 5.41) is 10.3. The van der Waals surface area contributed by atoms with Crippen LogP contribution < -0.4 is 0 Å². The van der Waals surface area contributed by atoms with Gasteiger partial charge in [0, 0.05) is 11.0 Å². The zero-order valence-corrected chi connectivity index (χ0v) is 6.97. The molecule has 0 radical (unpaired) electrons. The number of hydrogen-bond donors (Lipinski definition) is 1. The molecule has 58 valence electrons. The van der Waals surface area contributed by atoms with E-state index in [1.54, 1.807) is 0 Å². The quantitative estimate of drug-likeness (QED) is 0.419. The summed E-state index contributed by atoms with van der Waals surface area (Å²) in [6.07, 6.45) is 0. The predicted molar refractivity (Wildman–Crippen MR) is 45.4 cm³/mol. The van der Waals surface area contributed by atoms with Crippen molar-refractivity contribution in [3.05, 3.63) is 33.3 Å². The summed E-state index contributed by atoms with van der Waals surface area (Å²) in [7, 11) is 0. The zero-order chi connectivity index (χ0) is 8.43. The van der Waals surface area contributed by atoms with Crippen molar-refractivity contribution < 1.29 is 4.92 Å². The third-order valence-corrected chi connectivity index (χ3v) is 1.71. The minimum absolute atomic E-state index is 0.0931. The van der Waals surface area contributed by atoms with Crippen LogP contribution in [0.15, 0.2) is 23.1 Å². The first-order valence-electron chi connectivity index (χ1n) is 2.74. The Morgan fingerprint density at radius 2 is 2.18 bits per heavy atom. The predicted octanol–water partition coefficient (Wildman–Crippen LogP) is 2.54. The fourth-order valence-electron chi connectivity index (χ4n) is 0.644. The molecule has 11 heavy (non-hydrogen) atoms. The zero-order valence-electron chi connectivity index (χ0n) is 5.32. The molecular formula is C6H4ClNO2S.